The highest BCUT2D eigenvalue weighted by Gasteiger charge is 2.07. The smallest absolute Gasteiger partial charge is 0.335 e. The Morgan fingerprint density at radius 1 is 1.33 bits per heavy atom. The molecule has 0 saturated carbocycles. The molecule has 0 bridgehead atoms. The number of carbonyl (C=O) groups is 2. The molecule has 0 radical (unpaired) electrons. The molecule has 0 aliphatic rings. The first kappa shape index (κ1) is 15.0. The highest BCUT2D eigenvalue weighted by atomic mass is 32.2. The first-order valence-electron chi connectivity index (χ1n) is 6.04. The Kier molecular flexibility index (Phi) is 4.88. The molecule has 1 aromatic heterocycles. The summed E-state index contributed by atoms with van der Waals surface area (Å²) in [5, 5.41) is 23.1. The lowest BCUT2D eigenvalue weighted by atomic mass is 10.2. The van der Waals surface area contributed by atoms with Crippen LogP contribution in [0.1, 0.15) is 16.8 Å². The molecule has 0 unspecified atom stereocenters. The second kappa shape index (κ2) is 6.84. The maximum Gasteiger partial charge on any atom is 0.335 e. The minimum Gasteiger partial charge on any atom is -0.478 e. The Morgan fingerprint density at radius 3 is 2.62 bits per heavy atom. The number of amides is 1. The van der Waals surface area contributed by atoms with Gasteiger partial charge in [0.2, 0.25) is 11.1 Å². The number of aryl methyl sites for hydroxylation is 1. The molecule has 0 atom stereocenters. The molecule has 1 heterocycles. The lowest BCUT2D eigenvalue weighted by Gasteiger charge is -2.05. The normalized spacial score (nSPS) is 10.3. The number of benzene rings is 1. The number of rotatable bonds is 6. The summed E-state index contributed by atoms with van der Waals surface area (Å²) in [6, 6.07) is 6.00. The predicted octanol–water partition coefficient (Wildman–Crippen LogP) is 1.03. The van der Waals surface area contributed by atoms with Crippen LogP contribution in [0.4, 0.5) is 5.69 Å². The van der Waals surface area contributed by atoms with Crippen LogP contribution in [0.5, 0.6) is 0 Å². The Labute approximate surface area is 124 Å². The van der Waals surface area contributed by atoms with Crippen molar-refractivity contribution in [3.63, 3.8) is 0 Å². The molecule has 0 spiro atoms. The maximum absolute atomic E-state index is 11.7. The third kappa shape index (κ3) is 4.28. The molecule has 21 heavy (non-hydrogen) atoms. The van der Waals surface area contributed by atoms with E-state index in [0.29, 0.717) is 23.0 Å². The average Bonchev–Trinajstić information content (AvgIpc) is 2.85. The number of aromatic carboxylic acids is 1. The highest BCUT2D eigenvalue weighted by molar-refractivity contribution is 7.99. The van der Waals surface area contributed by atoms with Gasteiger partial charge in [-0.2, -0.15) is 0 Å². The van der Waals surface area contributed by atoms with E-state index >= 15 is 0 Å². The third-order valence-electron chi connectivity index (χ3n) is 2.56. The number of carbonyl (C=O) groups excluding carboxylic acids is 1. The SMILES string of the molecule is Cn1nnnc1SCCC(=O)Nc1ccc(C(=O)O)cc1. The highest BCUT2D eigenvalue weighted by Crippen LogP contribution is 2.14. The van der Waals surface area contributed by atoms with Gasteiger partial charge in [0.25, 0.3) is 0 Å². The number of carboxylic acid groups (broad SMARTS) is 1. The second-order valence-electron chi connectivity index (χ2n) is 4.11. The van der Waals surface area contributed by atoms with Gasteiger partial charge in [-0.05, 0) is 34.7 Å². The zero-order valence-electron chi connectivity index (χ0n) is 11.2. The summed E-state index contributed by atoms with van der Waals surface area (Å²) in [6.45, 7) is 0. The summed E-state index contributed by atoms with van der Waals surface area (Å²) in [5.41, 5.74) is 0.744. The number of tetrazole rings is 1. The minimum absolute atomic E-state index is 0.152. The van der Waals surface area contributed by atoms with Crippen LogP contribution in [0.2, 0.25) is 0 Å². The van der Waals surface area contributed by atoms with Crippen molar-refractivity contribution in [3.05, 3.63) is 29.8 Å². The van der Waals surface area contributed by atoms with Crippen LogP contribution >= 0.6 is 11.8 Å². The molecule has 2 N–H and O–H groups in total. The first-order chi connectivity index (χ1) is 10.1. The molecule has 9 heteroatoms. The van der Waals surface area contributed by atoms with Crippen molar-refractivity contribution in [2.75, 3.05) is 11.1 Å². The van der Waals surface area contributed by atoms with Crippen molar-refractivity contribution in [2.24, 2.45) is 7.05 Å². The molecular weight excluding hydrogens is 294 g/mol. The van der Waals surface area contributed by atoms with Gasteiger partial charge in [0.05, 0.1) is 5.56 Å². The van der Waals surface area contributed by atoms with Crippen LogP contribution in [-0.2, 0) is 11.8 Å². The van der Waals surface area contributed by atoms with Crippen LogP contribution in [0, 0.1) is 0 Å². The summed E-state index contributed by atoms with van der Waals surface area (Å²) >= 11 is 1.39. The first-order valence-corrected chi connectivity index (χ1v) is 7.03. The largest absolute Gasteiger partial charge is 0.478 e. The third-order valence-corrected chi connectivity index (χ3v) is 3.57. The molecule has 110 valence electrons. The molecule has 1 amide bonds. The molecule has 0 aliphatic carbocycles. The van der Waals surface area contributed by atoms with Crippen molar-refractivity contribution < 1.29 is 14.7 Å². The van der Waals surface area contributed by atoms with E-state index in [1.807, 2.05) is 0 Å². The van der Waals surface area contributed by atoms with Gasteiger partial charge in [-0.15, -0.1) is 5.10 Å². The monoisotopic (exact) mass is 307 g/mol. The van der Waals surface area contributed by atoms with E-state index in [1.165, 1.54) is 28.6 Å². The number of aromatic nitrogens is 4. The van der Waals surface area contributed by atoms with E-state index in [0.717, 1.165) is 0 Å². The lowest BCUT2D eigenvalue weighted by Crippen LogP contribution is -2.12. The summed E-state index contributed by atoms with van der Waals surface area (Å²) in [4.78, 5) is 22.5. The molecule has 0 saturated heterocycles. The zero-order valence-corrected chi connectivity index (χ0v) is 12.0. The Morgan fingerprint density at radius 2 is 2.05 bits per heavy atom. The number of hydrogen-bond donors (Lipinski definition) is 2. The van der Waals surface area contributed by atoms with Crippen LogP contribution in [0.3, 0.4) is 0 Å². The van der Waals surface area contributed by atoms with Gasteiger partial charge in [-0.3, -0.25) is 4.79 Å². The molecule has 1 aromatic carbocycles. The van der Waals surface area contributed by atoms with Gasteiger partial charge in [-0.25, -0.2) is 9.48 Å². The number of nitrogens with one attached hydrogen (secondary N) is 1. The number of carboxylic acids is 1. The van der Waals surface area contributed by atoms with Gasteiger partial charge in [-0.1, -0.05) is 11.8 Å². The molecule has 8 nitrogen and oxygen atoms in total. The Balaban J connectivity index is 1.79. The summed E-state index contributed by atoms with van der Waals surface area (Å²) in [6.07, 6.45) is 0.304. The summed E-state index contributed by atoms with van der Waals surface area (Å²) in [5.74, 6) is -0.602. The van der Waals surface area contributed by atoms with E-state index < -0.39 is 5.97 Å². The van der Waals surface area contributed by atoms with E-state index in [9.17, 15) is 9.59 Å². The van der Waals surface area contributed by atoms with Crippen LogP contribution < -0.4 is 5.32 Å². The molecule has 0 fully saturated rings. The fourth-order valence-corrected chi connectivity index (χ4v) is 2.29. The number of anilines is 1. The minimum atomic E-state index is -0.999. The van der Waals surface area contributed by atoms with Crippen molar-refractivity contribution in [3.8, 4) is 0 Å². The molecular formula is C12H13N5O3S. The van der Waals surface area contributed by atoms with Crippen LogP contribution in [-0.4, -0.2) is 42.9 Å². The maximum atomic E-state index is 11.7. The van der Waals surface area contributed by atoms with Gasteiger partial charge in [0.15, 0.2) is 0 Å². The van der Waals surface area contributed by atoms with E-state index in [2.05, 4.69) is 20.8 Å². The quantitative estimate of drug-likeness (QED) is 0.767. The van der Waals surface area contributed by atoms with Crippen molar-refractivity contribution in [2.45, 2.75) is 11.6 Å². The number of thioether (sulfide) groups is 1. The fourth-order valence-electron chi connectivity index (χ4n) is 1.50. The standard InChI is InChI=1S/C12H13N5O3S/c1-17-12(14-15-16-17)21-7-6-10(18)13-9-4-2-8(3-5-9)11(19)20/h2-5H,6-7H2,1H3,(H,13,18)(H,19,20). The van der Waals surface area contributed by atoms with Crippen LogP contribution in [0.25, 0.3) is 0 Å². The second-order valence-corrected chi connectivity index (χ2v) is 5.18. The molecule has 2 aromatic rings. The summed E-state index contributed by atoms with van der Waals surface area (Å²) < 4.78 is 1.53. The fraction of sp³-hybridized carbons (Fsp3) is 0.250. The van der Waals surface area contributed by atoms with E-state index in [-0.39, 0.29) is 11.5 Å². The van der Waals surface area contributed by atoms with E-state index in [1.54, 1.807) is 19.2 Å². The van der Waals surface area contributed by atoms with Gasteiger partial charge >= 0.3 is 5.97 Å². The number of nitrogens with zero attached hydrogens (tertiary/aromatic N) is 4. The zero-order chi connectivity index (χ0) is 15.2. The number of hydrogen-bond acceptors (Lipinski definition) is 6. The van der Waals surface area contributed by atoms with Gasteiger partial charge in [0, 0.05) is 24.9 Å². The Bertz CT molecular complexity index is 641. The lowest BCUT2D eigenvalue weighted by molar-refractivity contribution is -0.115. The molecule has 2 rings (SSSR count). The van der Waals surface area contributed by atoms with E-state index in [4.69, 9.17) is 5.11 Å². The average molecular weight is 307 g/mol. The predicted molar refractivity (Wildman–Crippen MR) is 76.2 cm³/mol. The van der Waals surface area contributed by atoms with Crippen molar-refractivity contribution >= 4 is 29.3 Å². The topological polar surface area (TPSA) is 110 Å². The van der Waals surface area contributed by atoms with Gasteiger partial charge < -0.3 is 10.4 Å². The summed E-state index contributed by atoms with van der Waals surface area (Å²) in [7, 11) is 1.73. The molecule has 0 aliphatic heterocycles. The van der Waals surface area contributed by atoms with Crippen molar-refractivity contribution in [1.82, 2.24) is 20.2 Å². The van der Waals surface area contributed by atoms with Crippen LogP contribution in [0.15, 0.2) is 29.4 Å². The van der Waals surface area contributed by atoms with Crippen molar-refractivity contribution in [1.29, 1.82) is 0 Å². The Hall–Kier alpha value is -2.42. The van der Waals surface area contributed by atoms with Gasteiger partial charge in [0.1, 0.15) is 0 Å².